The van der Waals surface area contributed by atoms with Crippen LogP contribution in [0.15, 0.2) is 24.3 Å². The molecule has 19 heavy (non-hydrogen) atoms. The van der Waals surface area contributed by atoms with Gasteiger partial charge in [-0.15, -0.1) is 0 Å². The minimum Gasteiger partial charge on any atom is -0.212 e. The second-order valence-corrected chi connectivity index (χ2v) is 7.90. The lowest BCUT2D eigenvalue weighted by Crippen LogP contribution is -2.29. The molecule has 0 saturated carbocycles. The molecule has 0 aromatic heterocycles. The van der Waals surface area contributed by atoms with Crippen molar-refractivity contribution in [3.05, 3.63) is 35.4 Å². The van der Waals surface area contributed by atoms with Crippen LogP contribution in [0, 0.1) is 0 Å². The first-order chi connectivity index (χ1) is 8.65. The minimum absolute atomic E-state index is 0.115. The lowest BCUT2D eigenvalue weighted by molar-refractivity contribution is 0.564. The summed E-state index contributed by atoms with van der Waals surface area (Å²) in [7, 11) is -3.17. The van der Waals surface area contributed by atoms with Crippen molar-refractivity contribution < 1.29 is 8.42 Å². The SMILES string of the molecule is CCCS(=O)(=O)NC(C)c1ccc(C(C)(C)C)cc1. The predicted molar refractivity (Wildman–Crippen MR) is 80.8 cm³/mol. The summed E-state index contributed by atoms with van der Waals surface area (Å²) < 4.78 is 26.2. The summed E-state index contributed by atoms with van der Waals surface area (Å²) in [6.45, 7) is 10.2. The molecule has 0 aliphatic heterocycles. The second-order valence-electron chi connectivity index (χ2n) is 6.03. The van der Waals surface area contributed by atoms with Crippen LogP contribution >= 0.6 is 0 Å². The van der Waals surface area contributed by atoms with Crippen molar-refractivity contribution in [3.63, 3.8) is 0 Å². The van der Waals surface area contributed by atoms with Crippen LogP contribution in [0.1, 0.15) is 58.2 Å². The van der Waals surface area contributed by atoms with E-state index in [9.17, 15) is 8.42 Å². The number of nitrogens with one attached hydrogen (secondary N) is 1. The van der Waals surface area contributed by atoms with Crippen molar-refractivity contribution in [2.75, 3.05) is 5.75 Å². The Labute approximate surface area is 117 Å². The van der Waals surface area contributed by atoms with Crippen molar-refractivity contribution in [2.24, 2.45) is 0 Å². The normalized spacial score (nSPS) is 14.4. The standard InChI is InChI=1S/C15H25NO2S/c1-6-11-19(17,18)16-12(2)13-7-9-14(10-8-13)15(3,4)5/h7-10,12,16H,6,11H2,1-5H3. The predicted octanol–water partition coefficient (Wildman–Crippen LogP) is 3.37. The Kier molecular flexibility index (Phi) is 5.16. The third-order valence-corrected chi connectivity index (χ3v) is 4.76. The zero-order valence-electron chi connectivity index (χ0n) is 12.5. The number of rotatable bonds is 5. The Morgan fingerprint density at radius 1 is 1.16 bits per heavy atom. The van der Waals surface area contributed by atoms with Crippen LogP contribution in [0.25, 0.3) is 0 Å². The first-order valence-corrected chi connectivity index (χ1v) is 8.41. The Morgan fingerprint density at radius 2 is 1.68 bits per heavy atom. The minimum atomic E-state index is -3.17. The van der Waals surface area contributed by atoms with E-state index < -0.39 is 10.0 Å². The molecule has 1 aromatic rings. The molecule has 108 valence electrons. The van der Waals surface area contributed by atoms with E-state index >= 15 is 0 Å². The van der Waals surface area contributed by atoms with Gasteiger partial charge in [0.15, 0.2) is 0 Å². The van der Waals surface area contributed by atoms with Gasteiger partial charge >= 0.3 is 0 Å². The van der Waals surface area contributed by atoms with Crippen LogP contribution in [0.2, 0.25) is 0 Å². The van der Waals surface area contributed by atoms with Crippen LogP contribution < -0.4 is 4.72 Å². The van der Waals surface area contributed by atoms with Gasteiger partial charge in [0.25, 0.3) is 0 Å². The van der Waals surface area contributed by atoms with Gasteiger partial charge in [0.1, 0.15) is 0 Å². The molecule has 0 spiro atoms. The highest BCUT2D eigenvalue weighted by atomic mass is 32.2. The summed E-state index contributed by atoms with van der Waals surface area (Å²) in [5.41, 5.74) is 2.36. The molecule has 1 atom stereocenters. The molecule has 1 rings (SSSR count). The van der Waals surface area contributed by atoms with Gasteiger partial charge in [0.05, 0.1) is 5.75 Å². The molecule has 0 aliphatic carbocycles. The molecule has 0 aliphatic rings. The van der Waals surface area contributed by atoms with E-state index in [2.05, 4.69) is 37.6 Å². The maximum absolute atomic E-state index is 11.7. The van der Waals surface area contributed by atoms with Crippen LogP contribution in [0.4, 0.5) is 0 Å². The third kappa shape index (κ3) is 4.96. The third-order valence-electron chi connectivity index (χ3n) is 3.11. The molecular weight excluding hydrogens is 258 g/mol. The largest absolute Gasteiger partial charge is 0.212 e. The van der Waals surface area contributed by atoms with Gasteiger partial charge in [-0.2, -0.15) is 0 Å². The monoisotopic (exact) mass is 283 g/mol. The van der Waals surface area contributed by atoms with E-state index in [0.29, 0.717) is 6.42 Å². The Hall–Kier alpha value is -0.870. The Bertz CT molecular complexity index is 498. The summed E-state index contributed by atoms with van der Waals surface area (Å²) in [5.74, 6) is 0.178. The fourth-order valence-electron chi connectivity index (χ4n) is 1.94. The summed E-state index contributed by atoms with van der Waals surface area (Å²) in [6.07, 6.45) is 0.630. The molecule has 3 nitrogen and oxygen atoms in total. The van der Waals surface area contributed by atoms with Crippen LogP contribution in [-0.2, 0) is 15.4 Å². The van der Waals surface area contributed by atoms with E-state index in [1.807, 2.05) is 26.0 Å². The molecule has 1 unspecified atom stereocenters. The highest BCUT2D eigenvalue weighted by Gasteiger charge is 2.17. The molecule has 4 heteroatoms. The number of benzene rings is 1. The smallest absolute Gasteiger partial charge is 0.212 e. The van der Waals surface area contributed by atoms with Crippen molar-refractivity contribution in [2.45, 2.75) is 52.5 Å². The average Bonchev–Trinajstić information content (AvgIpc) is 2.27. The lowest BCUT2D eigenvalue weighted by atomic mass is 9.86. The molecule has 1 aromatic carbocycles. The molecule has 0 heterocycles. The molecule has 1 N–H and O–H groups in total. The fourth-order valence-corrected chi connectivity index (χ4v) is 3.27. The first kappa shape index (κ1) is 16.2. The topological polar surface area (TPSA) is 46.2 Å². The Morgan fingerprint density at radius 3 is 2.11 bits per heavy atom. The van der Waals surface area contributed by atoms with E-state index in [1.54, 1.807) is 0 Å². The van der Waals surface area contributed by atoms with Gasteiger partial charge in [-0.1, -0.05) is 52.0 Å². The first-order valence-electron chi connectivity index (χ1n) is 6.76. The second kappa shape index (κ2) is 6.06. The van der Waals surface area contributed by atoms with Gasteiger partial charge in [0, 0.05) is 6.04 Å². The van der Waals surface area contributed by atoms with Crippen molar-refractivity contribution in [1.82, 2.24) is 4.72 Å². The Balaban J connectivity index is 2.82. The maximum atomic E-state index is 11.7. The van der Waals surface area contributed by atoms with E-state index in [-0.39, 0.29) is 17.2 Å². The average molecular weight is 283 g/mol. The zero-order valence-corrected chi connectivity index (χ0v) is 13.3. The van der Waals surface area contributed by atoms with Crippen molar-refractivity contribution in [1.29, 1.82) is 0 Å². The van der Waals surface area contributed by atoms with Gasteiger partial charge in [0.2, 0.25) is 10.0 Å². The van der Waals surface area contributed by atoms with E-state index in [0.717, 1.165) is 5.56 Å². The summed E-state index contributed by atoms with van der Waals surface area (Å²) in [5, 5.41) is 0. The van der Waals surface area contributed by atoms with Gasteiger partial charge in [-0.05, 0) is 29.9 Å². The zero-order chi connectivity index (χ0) is 14.7. The molecule has 0 radical (unpaired) electrons. The number of hydrogen-bond acceptors (Lipinski definition) is 2. The van der Waals surface area contributed by atoms with Crippen LogP contribution in [0.3, 0.4) is 0 Å². The molecule has 0 saturated heterocycles. The van der Waals surface area contributed by atoms with Crippen molar-refractivity contribution >= 4 is 10.0 Å². The molecule has 0 amide bonds. The fraction of sp³-hybridized carbons (Fsp3) is 0.600. The summed E-state index contributed by atoms with van der Waals surface area (Å²) >= 11 is 0. The number of hydrogen-bond donors (Lipinski definition) is 1. The highest BCUT2D eigenvalue weighted by molar-refractivity contribution is 7.89. The summed E-state index contributed by atoms with van der Waals surface area (Å²) in [4.78, 5) is 0. The van der Waals surface area contributed by atoms with Gasteiger partial charge in [-0.25, -0.2) is 13.1 Å². The lowest BCUT2D eigenvalue weighted by Gasteiger charge is -2.20. The van der Waals surface area contributed by atoms with Crippen LogP contribution in [0.5, 0.6) is 0 Å². The van der Waals surface area contributed by atoms with Gasteiger partial charge in [-0.3, -0.25) is 0 Å². The molecule has 0 fully saturated rings. The van der Waals surface area contributed by atoms with E-state index in [1.165, 1.54) is 5.56 Å². The van der Waals surface area contributed by atoms with E-state index in [4.69, 9.17) is 0 Å². The summed E-state index contributed by atoms with van der Waals surface area (Å²) in [6, 6.07) is 7.95. The van der Waals surface area contributed by atoms with Gasteiger partial charge < -0.3 is 0 Å². The molecular formula is C15H25NO2S. The van der Waals surface area contributed by atoms with Crippen molar-refractivity contribution in [3.8, 4) is 0 Å². The highest BCUT2D eigenvalue weighted by Crippen LogP contribution is 2.24. The van der Waals surface area contributed by atoms with Crippen LogP contribution in [-0.4, -0.2) is 14.2 Å². The quantitative estimate of drug-likeness (QED) is 0.900. The maximum Gasteiger partial charge on any atom is 0.212 e. The number of sulfonamides is 1. The molecule has 0 bridgehead atoms.